The molecule has 0 saturated heterocycles. The number of rotatable bonds is 5. The van der Waals surface area contributed by atoms with Crippen molar-refractivity contribution in [3.63, 3.8) is 0 Å². The number of H-pyrrole nitrogens is 1. The molecule has 0 radical (unpaired) electrons. The minimum absolute atomic E-state index is 0.245. The molecule has 0 aliphatic heterocycles. The van der Waals surface area contributed by atoms with Crippen LogP contribution in [0.2, 0.25) is 0 Å². The van der Waals surface area contributed by atoms with Crippen LogP contribution in [-0.2, 0) is 11.2 Å². The summed E-state index contributed by atoms with van der Waals surface area (Å²) >= 11 is 1.20. The Hall–Kier alpha value is -3.25. The Morgan fingerprint density at radius 2 is 1.79 bits per heavy atom. The van der Waals surface area contributed by atoms with Crippen molar-refractivity contribution in [1.82, 2.24) is 9.97 Å². The summed E-state index contributed by atoms with van der Waals surface area (Å²) in [6.07, 6.45) is 0.646. The van der Waals surface area contributed by atoms with E-state index in [2.05, 4.69) is 9.97 Å². The second-order valence-corrected chi connectivity index (χ2v) is 7.84. The first kappa shape index (κ1) is 19.1. The molecule has 0 spiro atoms. The fraction of sp³-hybridized carbons (Fsp3) is 0.174. The van der Waals surface area contributed by atoms with Crippen LogP contribution >= 0.6 is 11.3 Å². The van der Waals surface area contributed by atoms with Crippen LogP contribution in [0.1, 0.15) is 26.4 Å². The van der Waals surface area contributed by atoms with Gasteiger partial charge in [-0.05, 0) is 30.5 Å². The quantitative estimate of drug-likeness (QED) is 0.491. The first-order valence-corrected chi connectivity index (χ1v) is 10.2. The zero-order valence-electron chi connectivity index (χ0n) is 16.2. The molecule has 2 aromatic heterocycles. The molecule has 29 heavy (non-hydrogen) atoms. The minimum Gasteiger partial charge on any atom is -0.461 e. The number of thiophene rings is 1. The van der Waals surface area contributed by atoms with E-state index in [1.807, 2.05) is 61.5 Å². The van der Waals surface area contributed by atoms with Crippen molar-refractivity contribution in [3.05, 3.63) is 86.5 Å². The van der Waals surface area contributed by atoms with Crippen molar-refractivity contribution in [2.75, 3.05) is 6.61 Å². The Bertz CT molecular complexity index is 1240. The van der Waals surface area contributed by atoms with Gasteiger partial charge in [-0.15, -0.1) is 11.3 Å². The summed E-state index contributed by atoms with van der Waals surface area (Å²) in [6, 6.07) is 17.6. The molecule has 0 fully saturated rings. The average molecular weight is 404 g/mol. The third kappa shape index (κ3) is 3.84. The number of aromatic nitrogens is 2. The van der Waals surface area contributed by atoms with Crippen molar-refractivity contribution in [1.29, 1.82) is 0 Å². The highest BCUT2D eigenvalue weighted by Gasteiger charge is 2.21. The maximum Gasteiger partial charge on any atom is 0.348 e. The molecular weight excluding hydrogens is 384 g/mol. The van der Waals surface area contributed by atoms with Gasteiger partial charge in [-0.3, -0.25) is 4.79 Å². The van der Waals surface area contributed by atoms with Crippen LogP contribution in [0.3, 0.4) is 0 Å². The van der Waals surface area contributed by atoms with E-state index < -0.39 is 5.97 Å². The number of esters is 1. The predicted octanol–water partition coefficient (Wildman–Crippen LogP) is 4.67. The Morgan fingerprint density at radius 1 is 1.07 bits per heavy atom. The van der Waals surface area contributed by atoms with Gasteiger partial charge in [-0.1, -0.05) is 54.6 Å². The van der Waals surface area contributed by atoms with E-state index in [-0.39, 0.29) is 12.2 Å². The van der Waals surface area contributed by atoms with Crippen molar-refractivity contribution in [2.24, 2.45) is 0 Å². The van der Waals surface area contributed by atoms with Crippen molar-refractivity contribution >= 4 is 27.5 Å². The number of nitrogens with one attached hydrogen (secondary N) is 1. The molecule has 0 aliphatic rings. The van der Waals surface area contributed by atoms with E-state index in [1.165, 1.54) is 11.3 Å². The molecule has 0 bridgehead atoms. The highest BCUT2D eigenvalue weighted by atomic mass is 32.1. The van der Waals surface area contributed by atoms with Gasteiger partial charge in [0.1, 0.15) is 15.5 Å². The summed E-state index contributed by atoms with van der Waals surface area (Å²) in [5.74, 6) is 0.0871. The Balaban J connectivity index is 1.61. The number of hydrogen-bond acceptors (Lipinski definition) is 5. The first-order chi connectivity index (χ1) is 14.0. The predicted molar refractivity (Wildman–Crippen MR) is 116 cm³/mol. The number of nitrogens with zero attached hydrogens (tertiary/aromatic N) is 1. The van der Waals surface area contributed by atoms with Crippen LogP contribution < -0.4 is 5.56 Å². The summed E-state index contributed by atoms with van der Waals surface area (Å²) in [5, 5.41) is 0.447. The maximum atomic E-state index is 12.7. The summed E-state index contributed by atoms with van der Waals surface area (Å²) < 4.78 is 5.45. The molecular formula is C23H20N2O3S. The first-order valence-electron chi connectivity index (χ1n) is 9.35. The van der Waals surface area contributed by atoms with E-state index >= 15 is 0 Å². The van der Waals surface area contributed by atoms with Crippen LogP contribution in [0, 0.1) is 13.8 Å². The number of carbonyl (C=O) groups is 1. The average Bonchev–Trinajstić information content (AvgIpc) is 3.06. The number of fused-ring (bicyclic) bond motifs is 1. The van der Waals surface area contributed by atoms with Gasteiger partial charge in [-0.25, -0.2) is 9.78 Å². The van der Waals surface area contributed by atoms with Crippen LogP contribution in [0.15, 0.2) is 59.4 Å². The molecule has 0 aliphatic carbocycles. The van der Waals surface area contributed by atoms with Gasteiger partial charge >= 0.3 is 5.97 Å². The molecule has 2 heterocycles. The Labute approximate surface area is 172 Å². The zero-order chi connectivity index (χ0) is 20.4. The van der Waals surface area contributed by atoms with Gasteiger partial charge in [0, 0.05) is 12.0 Å². The molecule has 4 aromatic rings. The topological polar surface area (TPSA) is 72.0 Å². The summed E-state index contributed by atoms with van der Waals surface area (Å²) in [4.78, 5) is 33.7. The van der Waals surface area contributed by atoms with Gasteiger partial charge in [-0.2, -0.15) is 0 Å². The highest BCUT2D eigenvalue weighted by Crippen LogP contribution is 2.29. The minimum atomic E-state index is -0.418. The summed E-state index contributed by atoms with van der Waals surface area (Å²) in [5.41, 5.74) is 3.35. The lowest BCUT2D eigenvalue weighted by Crippen LogP contribution is -2.11. The normalized spacial score (nSPS) is 11.0. The zero-order valence-corrected chi connectivity index (χ0v) is 17.0. The standard InChI is InChI=1S/C23H20N2O3S/c1-14-8-6-7-11-17(14)20-24-21(26)18-15(2)19(29-22(18)25-20)23(27)28-13-12-16-9-4-3-5-10-16/h3-11H,12-13H2,1-2H3,(H,24,25,26). The second kappa shape index (κ2) is 8.01. The summed E-state index contributed by atoms with van der Waals surface area (Å²) in [7, 11) is 0. The number of aromatic amines is 1. The number of aryl methyl sites for hydroxylation is 2. The number of hydrogen-bond donors (Lipinski definition) is 1. The molecule has 0 unspecified atom stereocenters. The molecule has 1 N–H and O–H groups in total. The third-order valence-corrected chi connectivity index (χ3v) is 6.02. The lowest BCUT2D eigenvalue weighted by atomic mass is 10.1. The van der Waals surface area contributed by atoms with Crippen molar-refractivity contribution < 1.29 is 9.53 Å². The second-order valence-electron chi connectivity index (χ2n) is 6.84. The fourth-order valence-electron chi connectivity index (χ4n) is 3.28. The van der Waals surface area contributed by atoms with Gasteiger partial charge in [0.2, 0.25) is 0 Å². The molecule has 4 rings (SSSR count). The van der Waals surface area contributed by atoms with Gasteiger partial charge in [0.25, 0.3) is 5.56 Å². The third-order valence-electron chi connectivity index (χ3n) is 4.85. The monoisotopic (exact) mass is 404 g/mol. The van der Waals surface area contributed by atoms with E-state index in [1.54, 1.807) is 6.92 Å². The Morgan fingerprint density at radius 3 is 2.55 bits per heavy atom. The number of carbonyl (C=O) groups excluding carboxylic acids is 1. The smallest absolute Gasteiger partial charge is 0.348 e. The highest BCUT2D eigenvalue weighted by molar-refractivity contribution is 7.20. The van der Waals surface area contributed by atoms with E-state index in [9.17, 15) is 9.59 Å². The van der Waals surface area contributed by atoms with E-state index in [0.717, 1.165) is 16.7 Å². The molecule has 0 amide bonds. The maximum absolute atomic E-state index is 12.7. The number of benzene rings is 2. The van der Waals surface area contributed by atoms with Crippen LogP contribution in [-0.4, -0.2) is 22.5 Å². The van der Waals surface area contributed by atoms with Crippen molar-refractivity contribution in [3.8, 4) is 11.4 Å². The van der Waals surface area contributed by atoms with Crippen LogP contribution in [0.5, 0.6) is 0 Å². The number of ether oxygens (including phenoxy) is 1. The van der Waals surface area contributed by atoms with Gasteiger partial charge < -0.3 is 9.72 Å². The molecule has 2 aromatic carbocycles. The lowest BCUT2D eigenvalue weighted by Gasteiger charge is -2.04. The summed E-state index contributed by atoms with van der Waals surface area (Å²) in [6.45, 7) is 4.01. The van der Waals surface area contributed by atoms with Gasteiger partial charge in [0.05, 0.1) is 12.0 Å². The van der Waals surface area contributed by atoms with Crippen LogP contribution in [0.4, 0.5) is 0 Å². The van der Waals surface area contributed by atoms with Crippen LogP contribution in [0.25, 0.3) is 21.6 Å². The van der Waals surface area contributed by atoms with E-state index in [0.29, 0.717) is 32.9 Å². The van der Waals surface area contributed by atoms with Crippen molar-refractivity contribution in [2.45, 2.75) is 20.3 Å². The molecule has 6 heteroatoms. The molecule has 5 nitrogen and oxygen atoms in total. The fourth-order valence-corrected chi connectivity index (χ4v) is 4.35. The van der Waals surface area contributed by atoms with Gasteiger partial charge in [0.15, 0.2) is 0 Å². The largest absolute Gasteiger partial charge is 0.461 e. The molecule has 0 saturated carbocycles. The molecule has 146 valence electrons. The lowest BCUT2D eigenvalue weighted by molar-refractivity contribution is 0.0514. The Kier molecular flexibility index (Phi) is 5.27. The van der Waals surface area contributed by atoms with E-state index in [4.69, 9.17) is 4.74 Å². The SMILES string of the molecule is Cc1ccccc1-c1nc2sc(C(=O)OCCc3ccccc3)c(C)c2c(=O)[nH]1. The molecule has 0 atom stereocenters.